The van der Waals surface area contributed by atoms with E-state index in [1.807, 2.05) is 35.9 Å². The second-order valence-corrected chi connectivity index (χ2v) is 5.96. The van der Waals surface area contributed by atoms with Gasteiger partial charge in [0.05, 0.1) is 6.54 Å². The molecule has 6 heteroatoms. The summed E-state index contributed by atoms with van der Waals surface area (Å²) < 4.78 is 0. The van der Waals surface area contributed by atoms with E-state index in [1.165, 1.54) is 11.3 Å². The van der Waals surface area contributed by atoms with E-state index < -0.39 is 6.10 Å². The number of carbonyl (C=O) groups is 1. The van der Waals surface area contributed by atoms with Crippen molar-refractivity contribution in [3.8, 4) is 0 Å². The summed E-state index contributed by atoms with van der Waals surface area (Å²) in [6.45, 7) is 2.96. The fourth-order valence-corrected chi connectivity index (χ4v) is 3.27. The summed E-state index contributed by atoms with van der Waals surface area (Å²) in [6, 6.07) is 5.58. The average molecular weight is 296 g/mol. The van der Waals surface area contributed by atoms with E-state index in [4.69, 9.17) is 0 Å². The third kappa shape index (κ3) is 3.79. The number of amides is 2. The molecule has 0 aliphatic rings. The minimum absolute atomic E-state index is 0.171. The lowest BCUT2D eigenvalue weighted by molar-refractivity contribution is 0.224. The molecule has 1 atom stereocenters. The lowest BCUT2D eigenvalue weighted by atomic mass is 10.2. The SMILES string of the molecule is CCNC(=O)NCc1ccc(C(O)c2ccsc2)s1. The van der Waals surface area contributed by atoms with Crippen molar-refractivity contribution in [2.45, 2.75) is 19.6 Å². The van der Waals surface area contributed by atoms with E-state index in [1.54, 1.807) is 11.3 Å². The van der Waals surface area contributed by atoms with Gasteiger partial charge in [-0.3, -0.25) is 0 Å². The number of urea groups is 1. The number of aliphatic hydroxyl groups excluding tert-OH is 1. The van der Waals surface area contributed by atoms with Crippen LogP contribution in [0.3, 0.4) is 0 Å². The number of hydrogen-bond acceptors (Lipinski definition) is 4. The zero-order valence-corrected chi connectivity index (χ0v) is 12.2. The zero-order valence-electron chi connectivity index (χ0n) is 10.6. The molecule has 1 unspecified atom stereocenters. The van der Waals surface area contributed by atoms with Crippen LogP contribution in [0.1, 0.15) is 28.3 Å². The standard InChI is InChI=1S/C13H16N2O2S2/c1-2-14-13(17)15-7-10-3-4-11(19-10)12(16)9-5-6-18-8-9/h3-6,8,12,16H,2,7H2,1H3,(H2,14,15,17). The molecule has 0 spiro atoms. The third-order valence-corrected chi connectivity index (χ3v) is 4.41. The molecule has 3 N–H and O–H groups in total. The predicted octanol–water partition coefficient (Wildman–Crippen LogP) is 2.71. The maximum atomic E-state index is 11.3. The topological polar surface area (TPSA) is 61.4 Å². The Morgan fingerprint density at radius 2 is 2.21 bits per heavy atom. The second kappa shape index (κ2) is 6.70. The normalized spacial score (nSPS) is 12.1. The van der Waals surface area contributed by atoms with Crippen LogP contribution in [-0.2, 0) is 6.54 Å². The summed E-state index contributed by atoms with van der Waals surface area (Å²) in [5.41, 5.74) is 0.912. The molecule has 4 nitrogen and oxygen atoms in total. The van der Waals surface area contributed by atoms with Crippen molar-refractivity contribution in [1.82, 2.24) is 10.6 Å². The van der Waals surface area contributed by atoms with Crippen LogP contribution in [0.25, 0.3) is 0 Å². The van der Waals surface area contributed by atoms with Gasteiger partial charge in [0.2, 0.25) is 0 Å². The molecule has 102 valence electrons. The molecule has 0 bridgehead atoms. The van der Waals surface area contributed by atoms with E-state index >= 15 is 0 Å². The van der Waals surface area contributed by atoms with Gasteiger partial charge in [0.25, 0.3) is 0 Å². The van der Waals surface area contributed by atoms with Gasteiger partial charge in [0.1, 0.15) is 6.10 Å². The molecule has 0 saturated carbocycles. The first-order chi connectivity index (χ1) is 9.20. The minimum Gasteiger partial charge on any atom is -0.383 e. The van der Waals surface area contributed by atoms with Crippen LogP contribution in [0.2, 0.25) is 0 Å². The lowest BCUT2D eigenvalue weighted by Gasteiger charge is -2.06. The van der Waals surface area contributed by atoms with E-state index in [9.17, 15) is 9.90 Å². The molecule has 0 aliphatic heterocycles. The molecule has 0 fully saturated rings. The molecular weight excluding hydrogens is 280 g/mol. The van der Waals surface area contributed by atoms with E-state index in [-0.39, 0.29) is 6.03 Å². The Morgan fingerprint density at radius 3 is 2.89 bits per heavy atom. The molecule has 2 rings (SSSR count). The van der Waals surface area contributed by atoms with E-state index in [0.29, 0.717) is 13.1 Å². The molecule has 0 aromatic carbocycles. The Labute approximate surface area is 120 Å². The zero-order chi connectivity index (χ0) is 13.7. The second-order valence-electron chi connectivity index (χ2n) is 3.98. The third-order valence-electron chi connectivity index (χ3n) is 2.57. The summed E-state index contributed by atoms with van der Waals surface area (Å²) in [7, 11) is 0. The fraction of sp³-hybridized carbons (Fsp3) is 0.308. The van der Waals surface area contributed by atoms with Crippen LogP contribution in [0.15, 0.2) is 29.0 Å². The highest BCUT2D eigenvalue weighted by atomic mass is 32.1. The van der Waals surface area contributed by atoms with Gasteiger partial charge in [-0.15, -0.1) is 11.3 Å². The first-order valence-corrected chi connectivity index (χ1v) is 7.77. The summed E-state index contributed by atoms with van der Waals surface area (Å²) >= 11 is 3.08. The van der Waals surface area contributed by atoms with Gasteiger partial charge in [-0.2, -0.15) is 11.3 Å². The first-order valence-electron chi connectivity index (χ1n) is 6.01. The maximum Gasteiger partial charge on any atom is 0.315 e. The van der Waals surface area contributed by atoms with Crippen molar-refractivity contribution in [1.29, 1.82) is 0 Å². The van der Waals surface area contributed by atoms with E-state index in [0.717, 1.165) is 15.3 Å². The van der Waals surface area contributed by atoms with Crippen molar-refractivity contribution >= 4 is 28.7 Å². The Kier molecular flexibility index (Phi) is 4.95. The Morgan fingerprint density at radius 1 is 1.37 bits per heavy atom. The van der Waals surface area contributed by atoms with Gasteiger partial charge in [-0.25, -0.2) is 4.79 Å². The minimum atomic E-state index is -0.575. The highest BCUT2D eigenvalue weighted by Crippen LogP contribution is 2.29. The quantitative estimate of drug-likeness (QED) is 0.794. The Hall–Kier alpha value is -1.37. The van der Waals surface area contributed by atoms with Crippen molar-refractivity contribution in [3.05, 3.63) is 44.3 Å². The fourth-order valence-electron chi connectivity index (χ4n) is 1.62. The molecule has 2 aromatic rings. The molecule has 19 heavy (non-hydrogen) atoms. The van der Waals surface area contributed by atoms with Crippen molar-refractivity contribution in [2.24, 2.45) is 0 Å². The highest BCUT2D eigenvalue weighted by molar-refractivity contribution is 7.12. The summed E-state index contributed by atoms with van der Waals surface area (Å²) in [6.07, 6.45) is -0.575. The average Bonchev–Trinajstić information content (AvgIpc) is 3.07. The smallest absolute Gasteiger partial charge is 0.315 e. The molecule has 2 aromatic heterocycles. The monoisotopic (exact) mass is 296 g/mol. The van der Waals surface area contributed by atoms with Crippen molar-refractivity contribution in [2.75, 3.05) is 6.54 Å². The first kappa shape index (κ1) is 14.0. The van der Waals surface area contributed by atoms with E-state index in [2.05, 4.69) is 10.6 Å². The number of thiophene rings is 2. The molecule has 0 radical (unpaired) electrons. The summed E-state index contributed by atoms with van der Waals surface area (Å²) in [4.78, 5) is 13.2. The Balaban J connectivity index is 1.94. The number of hydrogen-bond donors (Lipinski definition) is 3. The van der Waals surface area contributed by atoms with Gasteiger partial charge >= 0.3 is 6.03 Å². The lowest BCUT2D eigenvalue weighted by Crippen LogP contribution is -2.34. The molecule has 2 heterocycles. The van der Waals surface area contributed by atoms with Gasteiger partial charge in [-0.05, 0) is 41.4 Å². The summed E-state index contributed by atoms with van der Waals surface area (Å²) in [5, 5.41) is 19.5. The number of nitrogens with one attached hydrogen (secondary N) is 2. The predicted molar refractivity (Wildman–Crippen MR) is 78.6 cm³/mol. The number of aliphatic hydroxyl groups is 1. The van der Waals surface area contributed by atoms with Crippen LogP contribution in [0, 0.1) is 0 Å². The van der Waals surface area contributed by atoms with Gasteiger partial charge in [-0.1, -0.05) is 0 Å². The van der Waals surface area contributed by atoms with Crippen LogP contribution < -0.4 is 10.6 Å². The van der Waals surface area contributed by atoms with Crippen LogP contribution in [0.5, 0.6) is 0 Å². The van der Waals surface area contributed by atoms with Crippen LogP contribution >= 0.6 is 22.7 Å². The van der Waals surface area contributed by atoms with Gasteiger partial charge < -0.3 is 15.7 Å². The molecule has 0 saturated heterocycles. The molecular formula is C13H16N2O2S2. The van der Waals surface area contributed by atoms with Gasteiger partial charge in [0, 0.05) is 16.3 Å². The number of carbonyl (C=O) groups excluding carboxylic acids is 1. The summed E-state index contributed by atoms with van der Waals surface area (Å²) in [5.74, 6) is 0. The highest BCUT2D eigenvalue weighted by Gasteiger charge is 2.13. The van der Waals surface area contributed by atoms with Crippen LogP contribution in [-0.4, -0.2) is 17.7 Å². The molecule has 2 amide bonds. The maximum absolute atomic E-state index is 11.3. The number of rotatable bonds is 5. The van der Waals surface area contributed by atoms with Gasteiger partial charge in [0.15, 0.2) is 0 Å². The van der Waals surface area contributed by atoms with Crippen LogP contribution in [0.4, 0.5) is 4.79 Å². The van der Waals surface area contributed by atoms with Crippen molar-refractivity contribution < 1.29 is 9.90 Å². The Bertz CT molecular complexity index is 522. The molecule has 0 aliphatic carbocycles. The largest absolute Gasteiger partial charge is 0.383 e. The van der Waals surface area contributed by atoms with Crippen molar-refractivity contribution in [3.63, 3.8) is 0 Å².